The predicted octanol–water partition coefficient (Wildman–Crippen LogP) is 3.72. The standard InChI is InChI=1S/C13H7BrFNO4/c14-11-7-9(15)3-6-12(11)20-13(17)8-1-4-10(5-2-8)16(18)19/h1-7H. The van der Waals surface area contributed by atoms with Gasteiger partial charge >= 0.3 is 5.97 Å². The first-order valence-corrected chi connectivity index (χ1v) is 6.18. The van der Waals surface area contributed by atoms with Gasteiger partial charge in [0.15, 0.2) is 0 Å². The van der Waals surface area contributed by atoms with E-state index in [0.29, 0.717) is 4.47 Å². The van der Waals surface area contributed by atoms with Gasteiger partial charge in [0.25, 0.3) is 5.69 Å². The molecule has 0 aliphatic heterocycles. The topological polar surface area (TPSA) is 69.4 Å². The number of benzene rings is 2. The number of nitrogens with zero attached hydrogens (tertiary/aromatic N) is 1. The zero-order chi connectivity index (χ0) is 14.7. The van der Waals surface area contributed by atoms with Gasteiger partial charge in [0.1, 0.15) is 11.6 Å². The van der Waals surface area contributed by atoms with E-state index in [2.05, 4.69) is 15.9 Å². The molecule has 0 radical (unpaired) electrons. The van der Waals surface area contributed by atoms with Crippen molar-refractivity contribution in [2.75, 3.05) is 0 Å². The highest BCUT2D eigenvalue weighted by Gasteiger charge is 2.13. The van der Waals surface area contributed by atoms with Crippen LogP contribution in [0.3, 0.4) is 0 Å². The molecule has 0 saturated carbocycles. The van der Waals surface area contributed by atoms with Crippen LogP contribution in [0.2, 0.25) is 0 Å². The van der Waals surface area contributed by atoms with Gasteiger partial charge in [-0.25, -0.2) is 9.18 Å². The maximum absolute atomic E-state index is 12.9. The fraction of sp³-hybridized carbons (Fsp3) is 0. The minimum atomic E-state index is -0.688. The van der Waals surface area contributed by atoms with Crippen molar-refractivity contribution in [2.45, 2.75) is 0 Å². The average molecular weight is 340 g/mol. The number of hydrogen-bond donors (Lipinski definition) is 0. The monoisotopic (exact) mass is 339 g/mol. The zero-order valence-corrected chi connectivity index (χ0v) is 11.5. The first kappa shape index (κ1) is 14.1. The van der Waals surface area contributed by atoms with Crippen LogP contribution < -0.4 is 4.74 Å². The van der Waals surface area contributed by atoms with Crippen LogP contribution in [0.15, 0.2) is 46.9 Å². The minimum absolute atomic E-state index is 0.121. The summed E-state index contributed by atoms with van der Waals surface area (Å²) in [6.07, 6.45) is 0. The van der Waals surface area contributed by atoms with Crippen LogP contribution in [-0.4, -0.2) is 10.9 Å². The van der Waals surface area contributed by atoms with E-state index in [1.165, 1.54) is 36.4 Å². The third-order valence-corrected chi connectivity index (χ3v) is 3.03. The minimum Gasteiger partial charge on any atom is -0.422 e. The Morgan fingerprint density at radius 1 is 1.20 bits per heavy atom. The quantitative estimate of drug-likeness (QED) is 0.370. The Labute approximate surface area is 121 Å². The van der Waals surface area contributed by atoms with Crippen LogP contribution in [0.1, 0.15) is 10.4 Å². The molecule has 7 heteroatoms. The van der Waals surface area contributed by atoms with E-state index in [4.69, 9.17) is 4.74 Å². The molecule has 5 nitrogen and oxygen atoms in total. The summed E-state index contributed by atoms with van der Waals surface area (Å²) in [7, 11) is 0. The van der Waals surface area contributed by atoms with Gasteiger partial charge in [-0.3, -0.25) is 10.1 Å². The van der Waals surface area contributed by atoms with E-state index >= 15 is 0 Å². The fourth-order valence-electron chi connectivity index (χ4n) is 1.44. The van der Waals surface area contributed by atoms with Gasteiger partial charge in [-0.1, -0.05) is 0 Å². The first-order valence-electron chi connectivity index (χ1n) is 5.39. The van der Waals surface area contributed by atoms with E-state index in [0.717, 1.165) is 6.07 Å². The molecule has 0 aliphatic rings. The smallest absolute Gasteiger partial charge is 0.343 e. The Kier molecular flexibility index (Phi) is 4.09. The van der Waals surface area contributed by atoms with Gasteiger partial charge < -0.3 is 4.74 Å². The molecule has 2 aromatic rings. The summed E-state index contributed by atoms with van der Waals surface area (Å²) in [5, 5.41) is 10.5. The van der Waals surface area contributed by atoms with Gasteiger partial charge in [0.2, 0.25) is 0 Å². The summed E-state index contributed by atoms with van der Waals surface area (Å²) >= 11 is 3.07. The van der Waals surface area contributed by atoms with Gasteiger partial charge in [0, 0.05) is 12.1 Å². The molecule has 0 heterocycles. The molecular weight excluding hydrogens is 333 g/mol. The number of nitro benzene ring substituents is 1. The Hall–Kier alpha value is -2.28. The number of ether oxygens (including phenoxy) is 1. The molecular formula is C13H7BrFNO4. The molecule has 0 fully saturated rings. The molecule has 0 atom stereocenters. The van der Waals surface area contributed by atoms with Crippen molar-refractivity contribution in [2.24, 2.45) is 0 Å². The number of halogens is 2. The van der Waals surface area contributed by atoms with Crippen LogP contribution in [0.25, 0.3) is 0 Å². The molecule has 0 N–H and O–H groups in total. The van der Waals surface area contributed by atoms with Crippen molar-refractivity contribution in [1.29, 1.82) is 0 Å². The zero-order valence-electron chi connectivity index (χ0n) is 9.88. The Balaban J connectivity index is 2.17. The SMILES string of the molecule is O=C(Oc1ccc(F)cc1Br)c1ccc([N+](=O)[O-])cc1. The number of rotatable bonds is 3. The molecule has 2 rings (SSSR count). The summed E-state index contributed by atoms with van der Waals surface area (Å²) < 4.78 is 18.3. The Morgan fingerprint density at radius 2 is 1.85 bits per heavy atom. The van der Waals surface area contributed by atoms with E-state index in [9.17, 15) is 19.3 Å². The number of nitro groups is 1. The third-order valence-electron chi connectivity index (χ3n) is 2.41. The molecule has 102 valence electrons. The van der Waals surface area contributed by atoms with E-state index in [1.54, 1.807) is 0 Å². The van der Waals surface area contributed by atoms with Crippen molar-refractivity contribution in [3.63, 3.8) is 0 Å². The van der Waals surface area contributed by atoms with Crippen molar-refractivity contribution in [3.8, 4) is 5.75 Å². The maximum Gasteiger partial charge on any atom is 0.343 e. The fourth-order valence-corrected chi connectivity index (χ4v) is 1.87. The summed E-state index contributed by atoms with van der Waals surface area (Å²) in [6, 6.07) is 8.62. The summed E-state index contributed by atoms with van der Waals surface area (Å²) in [4.78, 5) is 21.8. The predicted molar refractivity (Wildman–Crippen MR) is 72.2 cm³/mol. The molecule has 0 bridgehead atoms. The van der Waals surface area contributed by atoms with E-state index in [-0.39, 0.29) is 17.0 Å². The second-order valence-corrected chi connectivity index (χ2v) is 4.62. The molecule has 0 amide bonds. The lowest BCUT2D eigenvalue weighted by Gasteiger charge is -2.06. The lowest BCUT2D eigenvalue weighted by Crippen LogP contribution is -2.08. The van der Waals surface area contributed by atoms with Crippen molar-refractivity contribution >= 4 is 27.6 Å². The Bertz CT molecular complexity index is 673. The molecule has 0 aromatic heterocycles. The van der Waals surface area contributed by atoms with Crippen LogP contribution in [0.5, 0.6) is 5.75 Å². The highest BCUT2D eigenvalue weighted by atomic mass is 79.9. The Morgan fingerprint density at radius 3 is 2.40 bits per heavy atom. The highest BCUT2D eigenvalue weighted by Crippen LogP contribution is 2.26. The summed E-state index contributed by atoms with van der Waals surface area (Å²) in [5.74, 6) is -0.992. The van der Waals surface area contributed by atoms with E-state index < -0.39 is 16.7 Å². The van der Waals surface area contributed by atoms with Crippen molar-refractivity contribution in [3.05, 3.63) is 68.4 Å². The second-order valence-electron chi connectivity index (χ2n) is 3.77. The normalized spacial score (nSPS) is 10.1. The molecule has 0 aliphatic carbocycles. The molecule has 0 spiro atoms. The van der Waals surface area contributed by atoms with Crippen LogP contribution in [-0.2, 0) is 0 Å². The molecule has 20 heavy (non-hydrogen) atoms. The summed E-state index contributed by atoms with van der Waals surface area (Å²) in [6.45, 7) is 0. The third kappa shape index (κ3) is 3.18. The van der Waals surface area contributed by atoms with Crippen LogP contribution in [0, 0.1) is 15.9 Å². The largest absolute Gasteiger partial charge is 0.422 e. The van der Waals surface area contributed by atoms with E-state index in [1.807, 2.05) is 0 Å². The van der Waals surface area contributed by atoms with Gasteiger partial charge in [0.05, 0.1) is 15.0 Å². The number of hydrogen-bond acceptors (Lipinski definition) is 4. The van der Waals surface area contributed by atoms with Crippen LogP contribution in [0.4, 0.5) is 10.1 Å². The molecule has 2 aromatic carbocycles. The molecule has 0 unspecified atom stereocenters. The van der Waals surface area contributed by atoms with Gasteiger partial charge in [-0.2, -0.15) is 0 Å². The average Bonchev–Trinajstić information content (AvgIpc) is 2.42. The van der Waals surface area contributed by atoms with Gasteiger partial charge in [-0.05, 0) is 46.3 Å². The highest BCUT2D eigenvalue weighted by molar-refractivity contribution is 9.10. The van der Waals surface area contributed by atoms with Crippen molar-refractivity contribution in [1.82, 2.24) is 0 Å². The lowest BCUT2D eigenvalue weighted by molar-refractivity contribution is -0.384. The lowest BCUT2D eigenvalue weighted by atomic mass is 10.2. The summed E-state index contributed by atoms with van der Waals surface area (Å²) in [5.41, 5.74) is 0.0383. The number of carbonyl (C=O) groups is 1. The van der Waals surface area contributed by atoms with Crippen molar-refractivity contribution < 1.29 is 18.8 Å². The number of non-ortho nitro benzene ring substituents is 1. The van der Waals surface area contributed by atoms with Gasteiger partial charge in [-0.15, -0.1) is 0 Å². The number of carbonyl (C=O) groups excluding carboxylic acids is 1. The first-order chi connectivity index (χ1) is 9.47. The molecule has 0 saturated heterocycles. The maximum atomic E-state index is 12.9. The second kappa shape index (κ2) is 5.79. The van der Waals surface area contributed by atoms with Crippen LogP contribution >= 0.6 is 15.9 Å². The number of esters is 1.